The minimum absolute atomic E-state index is 0.880. The highest BCUT2D eigenvalue weighted by Gasteiger charge is 2.20. The van der Waals surface area contributed by atoms with E-state index in [1.54, 1.807) is 0 Å². The van der Waals surface area contributed by atoms with Crippen LogP contribution in [0, 0.1) is 0 Å². The van der Waals surface area contributed by atoms with Crippen LogP contribution in [0.2, 0.25) is 0 Å². The quantitative estimate of drug-likeness (QED) is 0.169. The van der Waals surface area contributed by atoms with Crippen LogP contribution in [0.5, 0.6) is 0 Å². The first-order chi connectivity index (χ1) is 25.3. The first-order valence-corrected chi connectivity index (χ1v) is 17.5. The van der Waals surface area contributed by atoms with E-state index in [1.807, 2.05) is 0 Å². The van der Waals surface area contributed by atoms with Gasteiger partial charge in [-0.3, -0.25) is 0 Å². The van der Waals surface area contributed by atoms with Gasteiger partial charge in [-0.15, -0.1) is 0 Å². The van der Waals surface area contributed by atoms with Gasteiger partial charge in [-0.1, -0.05) is 164 Å². The van der Waals surface area contributed by atoms with Gasteiger partial charge in [0.05, 0.1) is 0 Å². The van der Waals surface area contributed by atoms with E-state index >= 15 is 0 Å². The Kier molecular flexibility index (Phi) is 6.89. The van der Waals surface area contributed by atoms with E-state index in [1.165, 1.54) is 76.8 Å². The molecule has 1 aromatic heterocycles. The standard InChI is InChI=1S/C50H32O/c1-3-15-33(16-4-1)36-29-37(34-17-5-2-6-18-34)31-38(30-36)49-41-22-9-11-24-43(41)50(44-25-12-10-23-42(44)49)45-27-14-28-47-46(45)32-48(51-47)40-26-13-20-35-19-7-8-21-39(35)40/h1-32H. The zero-order chi connectivity index (χ0) is 33.7. The van der Waals surface area contributed by atoms with Gasteiger partial charge < -0.3 is 4.42 Å². The number of fused-ring (bicyclic) bond motifs is 4. The van der Waals surface area contributed by atoms with Gasteiger partial charge in [0.2, 0.25) is 0 Å². The number of benzene rings is 9. The predicted molar refractivity (Wildman–Crippen MR) is 216 cm³/mol. The van der Waals surface area contributed by atoms with Crippen LogP contribution < -0.4 is 0 Å². The van der Waals surface area contributed by atoms with Crippen molar-refractivity contribution < 1.29 is 4.42 Å². The fourth-order valence-electron chi connectivity index (χ4n) is 7.95. The zero-order valence-corrected chi connectivity index (χ0v) is 27.9. The molecule has 0 aliphatic rings. The minimum atomic E-state index is 0.880. The summed E-state index contributed by atoms with van der Waals surface area (Å²) < 4.78 is 6.65. The summed E-state index contributed by atoms with van der Waals surface area (Å²) in [5, 5.41) is 8.40. The van der Waals surface area contributed by atoms with Crippen molar-refractivity contribution in [2.45, 2.75) is 0 Å². The molecule has 0 spiro atoms. The van der Waals surface area contributed by atoms with Crippen LogP contribution in [0.3, 0.4) is 0 Å². The lowest BCUT2D eigenvalue weighted by atomic mass is 9.84. The number of rotatable bonds is 5. The van der Waals surface area contributed by atoms with Crippen molar-refractivity contribution in [1.82, 2.24) is 0 Å². The van der Waals surface area contributed by atoms with Crippen molar-refractivity contribution in [3.63, 3.8) is 0 Å². The van der Waals surface area contributed by atoms with Gasteiger partial charge in [0.1, 0.15) is 11.3 Å². The first-order valence-electron chi connectivity index (χ1n) is 17.5. The van der Waals surface area contributed by atoms with E-state index < -0.39 is 0 Å². The largest absolute Gasteiger partial charge is 0.456 e. The van der Waals surface area contributed by atoms with Gasteiger partial charge in [-0.25, -0.2) is 0 Å². The molecule has 238 valence electrons. The summed E-state index contributed by atoms with van der Waals surface area (Å²) in [5.41, 5.74) is 11.6. The number of hydrogen-bond donors (Lipinski definition) is 0. The van der Waals surface area contributed by atoms with Crippen molar-refractivity contribution >= 4 is 43.3 Å². The first kappa shape index (κ1) is 29.2. The van der Waals surface area contributed by atoms with E-state index in [0.29, 0.717) is 0 Å². The number of hydrogen-bond acceptors (Lipinski definition) is 1. The third kappa shape index (κ3) is 4.94. The lowest BCUT2D eigenvalue weighted by Crippen LogP contribution is -1.92. The van der Waals surface area contributed by atoms with Crippen LogP contribution in [0.4, 0.5) is 0 Å². The molecule has 0 N–H and O–H groups in total. The molecule has 0 aliphatic heterocycles. The Morgan fingerprint density at radius 2 is 0.745 bits per heavy atom. The molecule has 10 aromatic rings. The second kappa shape index (κ2) is 12.0. The van der Waals surface area contributed by atoms with Crippen LogP contribution in [-0.2, 0) is 0 Å². The summed E-state index contributed by atoms with van der Waals surface area (Å²) >= 11 is 0. The fraction of sp³-hybridized carbons (Fsp3) is 0. The Morgan fingerprint density at radius 3 is 1.37 bits per heavy atom. The van der Waals surface area contributed by atoms with Crippen LogP contribution in [0.15, 0.2) is 199 Å². The summed E-state index contributed by atoms with van der Waals surface area (Å²) in [6.45, 7) is 0. The summed E-state index contributed by atoms with van der Waals surface area (Å²) in [6.07, 6.45) is 0. The molecular weight excluding hydrogens is 617 g/mol. The number of furan rings is 1. The maximum Gasteiger partial charge on any atom is 0.136 e. The molecule has 1 nitrogen and oxygen atoms in total. The van der Waals surface area contributed by atoms with Gasteiger partial charge in [0.15, 0.2) is 0 Å². The smallest absolute Gasteiger partial charge is 0.136 e. The monoisotopic (exact) mass is 648 g/mol. The Morgan fingerprint density at radius 1 is 0.275 bits per heavy atom. The van der Waals surface area contributed by atoms with Gasteiger partial charge >= 0.3 is 0 Å². The molecule has 0 saturated carbocycles. The molecule has 51 heavy (non-hydrogen) atoms. The lowest BCUT2D eigenvalue weighted by Gasteiger charge is -2.19. The second-order valence-electron chi connectivity index (χ2n) is 13.2. The predicted octanol–water partition coefficient (Wildman–Crippen LogP) is 14.2. The second-order valence-corrected chi connectivity index (χ2v) is 13.2. The summed E-state index contributed by atoms with van der Waals surface area (Å²) in [6, 6.07) is 69.9. The van der Waals surface area contributed by atoms with Crippen LogP contribution in [-0.4, -0.2) is 0 Å². The summed E-state index contributed by atoms with van der Waals surface area (Å²) in [5.74, 6) is 0.880. The molecule has 0 bridgehead atoms. The molecule has 0 radical (unpaired) electrons. The molecule has 0 unspecified atom stereocenters. The fourth-order valence-corrected chi connectivity index (χ4v) is 7.95. The van der Waals surface area contributed by atoms with E-state index in [0.717, 1.165) is 22.3 Å². The average molecular weight is 649 g/mol. The van der Waals surface area contributed by atoms with Crippen molar-refractivity contribution in [3.05, 3.63) is 194 Å². The normalized spacial score (nSPS) is 11.5. The third-order valence-corrected chi connectivity index (χ3v) is 10.3. The van der Waals surface area contributed by atoms with Crippen LogP contribution in [0.25, 0.3) is 99.1 Å². The topological polar surface area (TPSA) is 13.1 Å². The van der Waals surface area contributed by atoms with Crippen LogP contribution in [0.1, 0.15) is 0 Å². The summed E-state index contributed by atoms with van der Waals surface area (Å²) in [7, 11) is 0. The Balaban J connectivity index is 1.25. The van der Waals surface area contributed by atoms with Crippen LogP contribution >= 0.6 is 0 Å². The van der Waals surface area contributed by atoms with E-state index in [-0.39, 0.29) is 0 Å². The maximum atomic E-state index is 6.65. The van der Waals surface area contributed by atoms with Gasteiger partial charge in [0.25, 0.3) is 0 Å². The van der Waals surface area contributed by atoms with Crippen molar-refractivity contribution in [1.29, 1.82) is 0 Å². The zero-order valence-electron chi connectivity index (χ0n) is 27.9. The molecule has 0 saturated heterocycles. The van der Waals surface area contributed by atoms with Crippen molar-refractivity contribution in [2.75, 3.05) is 0 Å². The van der Waals surface area contributed by atoms with Gasteiger partial charge in [0, 0.05) is 10.9 Å². The highest BCUT2D eigenvalue weighted by Crippen LogP contribution is 2.47. The molecule has 0 aliphatic carbocycles. The van der Waals surface area contributed by atoms with Crippen molar-refractivity contribution in [3.8, 4) is 55.8 Å². The maximum absolute atomic E-state index is 6.65. The Labute approximate surface area is 296 Å². The highest BCUT2D eigenvalue weighted by atomic mass is 16.3. The Hall–Kier alpha value is -6.70. The molecule has 0 atom stereocenters. The molecule has 0 fully saturated rings. The summed E-state index contributed by atoms with van der Waals surface area (Å²) in [4.78, 5) is 0. The van der Waals surface area contributed by atoms with E-state index in [9.17, 15) is 0 Å². The molecule has 1 heterocycles. The Bertz CT molecular complexity index is 2780. The lowest BCUT2D eigenvalue weighted by molar-refractivity contribution is 0.632. The van der Waals surface area contributed by atoms with E-state index in [4.69, 9.17) is 4.42 Å². The molecule has 9 aromatic carbocycles. The van der Waals surface area contributed by atoms with Crippen molar-refractivity contribution in [2.24, 2.45) is 0 Å². The molecular formula is C50H32O. The third-order valence-electron chi connectivity index (χ3n) is 10.3. The van der Waals surface area contributed by atoms with E-state index in [2.05, 4.69) is 194 Å². The highest BCUT2D eigenvalue weighted by molar-refractivity contribution is 6.23. The molecule has 0 amide bonds. The minimum Gasteiger partial charge on any atom is -0.456 e. The molecule has 1 heteroatoms. The SMILES string of the molecule is c1ccc(-c2cc(-c3ccccc3)cc(-c3c4ccccc4c(-c4cccc5oc(-c6cccc7ccccc67)cc45)c4ccccc34)c2)cc1. The average Bonchev–Trinajstić information content (AvgIpc) is 3.65. The van der Waals surface area contributed by atoms with Gasteiger partial charge in [-0.2, -0.15) is 0 Å². The molecule has 10 rings (SSSR count). The van der Waals surface area contributed by atoms with Gasteiger partial charge in [-0.05, 0) is 107 Å².